The second-order valence-corrected chi connectivity index (χ2v) is 8.20. The molecule has 3 amide bonds. The predicted octanol–water partition coefficient (Wildman–Crippen LogP) is 2.93. The minimum absolute atomic E-state index is 0.00969. The normalized spacial score (nSPS) is 17.7. The first-order valence-corrected chi connectivity index (χ1v) is 10.8. The van der Waals surface area contributed by atoms with Gasteiger partial charge in [0.25, 0.3) is 0 Å². The van der Waals surface area contributed by atoms with Crippen molar-refractivity contribution in [2.45, 2.75) is 32.7 Å². The van der Waals surface area contributed by atoms with Gasteiger partial charge in [-0.05, 0) is 43.4 Å². The molecule has 0 saturated heterocycles. The van der Waals surface area contributed by atoms with Crippen LogP contribution in [0, 0.1) is 13.8 Å². The summed E-state index contributed by atoms with van der Waals surface area (Å²) in [6.07, 6.45) is 1.66. The van der Waals surface area contributed by atoms with E-state index in [0.717, 1.165) is 29.5 Å². The lowest BCUT2D eigenvalue weighted by Crippen LogP contribution is -2.50. The van der Waals surface area contributed by atoms with Crippen LogP contribution in [0.1, 0.15) is 34.7 Å². The summed E-state index contributed by atoms with van der Waals surface area (Å²) in [5, 5.41) is 5.76. The Bertz CT molecular complexity index is 1080. The second-order valence-electron chi connectivity index (χ2n) is 8.20. The number of carbonyl (C=O) groups is 3. The highest BCUT2D eigenvalue weighted by Gasteiger charge is 2.43. The minimum atomic E-state index is -0.586. The van der Waals surface area contributed by atoms with Crippen LogP contribution in [0.2, 0.25) is 0 Å². The molecule has 0 bridgehead atoms. The van der Waals surface area contributed by atoms with E-state index in [1.165, 1.54) is 10.5 Å². The third kappa shape index (κ3) is 4.51. The van der Waals surface area contributed by atoms with E-state index in [4.69, 9.17) is 4.74 Å². The average molecular weight is 434 g/mol. The highest BCUT2D eigenvalue weighted by atomic mass is 16.5. The number of urea groups is 1. The third-order valence-corrected chi connectivity index (χ3v) is 5.85. The lowest BCUT2D eigenvalue weighted by molar-refractivity contribution is -0.136. The fraction of sp³-hybridized carbons (Fsp3) is 0.320. The fourth-order valence-electron chi connectivity index (χ4n) is 4.15. The summed E-state index contributed by atoms with van der Waals surface area (Å²) >= 11 is 0. The van der Waals surface area contributed by atoms with Crippen molar-refractivity contribution in [3.05, 3.63) is 82.1 Å². The first-order valence-electron chi connectivity index (χ1n) is 10.8. The largest absolute Gasteiger partial charge is 0.456 e. The van der Waals surface area contributed by atoms with Gasteiger partial charge in [0.15, 0.2) is 0 Å². The summed E-state index contributed by atoms with van der Waals surface area (Å²) < 4.78 is 5.25. The van der Waals surface area contributed by atoms with Gasteiger partial charge in [0.2, 0.25) is 5.91 Å². The van der Waals surface area contributed by atoms with Crippen molar-refractivity contribution in [3.63, 3.8) is 0 Å². The van der Waals surface area contributed by atoms with Crippen LogP contribution in [0.25, 0.3) is 0 Å². The Balaban J connectivity index is 1.44. The number of ether oxygens (including phenoxy) is 1. The number of rotatable bonds is 7. The van der Waals surface area contributed by atoms with Gasteiger partial charge < -0.3 is 15.4 Å². The number of nitrogens with one attached hydrogen (secondary N) is 2. The molecule has 0 fully saturated rings. The molecule has 0 unspecified atom stereocenters. The van der Waals surface area contributed by atoms with E-state index in [1.54, 1.807) is 0 Å². The van der Waals surface area contributed by atoms with Crippen LogP contribution in [0.15, 0.2) is 59.8 Å². The number of hydrogen-bond acceptors (Lipinski definition) is 4. The lowest BCUT2D eigenvalue weighted by atomic mass is 9.91. The summed E-state index contributed by atoms with van der Waals surface area (Å²) in [4.78, 5) is 39.2. The molecule has 166 valence electrons. The number of carbonyl (C=O) groups excluding carboxylic acids is 3. The van der Waals surface area contributed by atoms with E-state index in [9.17, 15) is 14.4 Å². The highest BCUT2D eigenvalue weighted by molar-refractivity contribution is 5.98. The molecule has 32 heavy (non-hydrogen) atoms. The van der Waals surface area contributed by atoms with Gasteiger partial charge >= 0.3 is 12.0 Å². The van der Waals surface area contributed by atoms with E-state index >= 15 is 0 Å². The highest BCUT2D eigenvalue weighted by Crippen LogP contribution is 2.36. The molecule has 4 rings (SSSR count). The van der Waals surface area contributed by atoms with Crippen LogP contribution in [-0.2, 0) is 20.7 Å². The zero-order valence-corrected chi connectivity index (χ0v) is 18.3. The molecule has 7 heteroatoms. The van der Waals surface area contributed by atoms with Gasteiger partial charge in [-0.3, -0.25) is 9.69 Å². The molecule has 2 aliphatic rings. The molecule has 0 saturated carbocycles. The van der Waals surface area contributed by atoms with Crippen LogP contribution < -0.4 is 10.6 Å². The zero-order valence-electron chi connectivity index (χ0n) is 18.3. The number of cyclic esters (lactones) is 1. The quantitative estimate of drug-likeness (QED) is 0.519. The Hall–Kier alpha value is -3.61. The van der Waals surface area contributed by atoms with Gasteiger partial charge in [-0.1, -0.05) is 54.1 Å². The molecule has 0 aromatic heterocycles. The van der Waals surface area contributed by atoms with Crippen LogP contribution in [0.5, 0.6) is 0 Å². The zero-order chi connectivity index (χ0) is 22.7. The van der Waals surface area contributed by atoms with E-state index in [0.29, 0.717) is 17.8 Å². The number of nitrogens with zero attached hydrogens (tertiary/aromatic N) is 1. The number of amides is 3. The Morgan fingerprint density at radius 2 is 1.94 bits per heavy atom. The third-order valence-electron chi connectivity index (χ3n) is 5.85. The molecule has 0 radical (unpaired) electrons. The molecule has 2 aromatic carbocycles. The van der Waals surface area contributed by atoms with Crippen molar-refractivity contribution in [2.75, 3.05) is 19.7 Å². The van der Waals surface area contributed by atoms with Crippen molar-refractivity contribution >= 4 is 17.9 Å². The predicted molar refractivity (Wildman–Crippen MR) is 120 cm³/mol. The maximum Gasteiger partial charge on any atom is 0.338 e. The maximum atomic E-state index is 12.9. The number of esters is 1. The summed E-state index contributed by atoms with van der Waals surface area (Å²) in [5.41, 5.74) is 4.93. The van der Waals surface area contributed by atoms with E-state index in [-0.39, 0.29) is 19.1 Å². The SMILES string of the molecule is Cc1ccc(C)c([C@@H]2NC(=O)N(CC(=O)NCCCc3ccccc3)C3=C2C(=O)OC3)c1. The van der Waals surface area contributed by atoms with Crippen molar-refractivity contribution in [1.29, 1.82) is 0 Å². The molecule has 0 aliphatic carbocycles. The summed E-state index contributed by atoms with van der Waals surface area (Å²) in [5.74, 6) is -0.733. The number of benzene rings is 2. The van der Waals surface area contributed by atoms with Crippen LogP contribution in [0.3, 0.4) is 0 Å². The van der Waals surface area contributed by atoms with E-state index in [2.05, 4.69) is 22.8 Å². The van der Waals surface area contributed by atoms with Gasteiger partial charge in [0, 0.05) is 6.54 Å². The van der Waals surface area contributed by atoms with E-state index < -0.39 is 18.0 Å². The van der Waals surface area contributed by atoms with Gasteiger partial charge in [-0.2, -0.15) is 0 Å². The van der Waals surface area contributed by atoms with E-state index in [1.807, 2.05) is 50.2 Å². The summed E-state index contributed by atoms with van der Waals surface area (Å²) in [6, 6.07) is 15.0. The maximum absolute atomic E-state index is 12.9. The Kier molecular flexibility index (Phi) is 6.25. The topological polar surface area (TPSA) is 87.7 Å². The lowest BCUT2D eigenvalue weighted by Gasteiger charge is -2.33. The number of hydrogen-bond donors (Lipinski definition) is 2. The molecule has 0 spiro atoms. The summed E-state index contributed by atoms with van der Waals surface area (Å²) in [7, 11) is 0. The van der Waals surface area contributed by atoms with Crippen LogP contribution in [0.4, 0.5) is 4.79 Å². The molecule has 2 aromatic rings. The first-order chi connectivity index (χ1) is 15.4. The molecular formula is C25H27N3O4. The van der Waals surface area contributed by atoms with Crippen molar-refractivity contribution in [2.24, 2.45) is 0 Å². The smallest absolute Gasteiger partial charge is 0.338 e. The standard InChI is InChI=1S/C25H27N3O4/c1-16-10-11-17(2)19(13-16)23-22-20(15-32-24(22)30)28(25(31)27-23)14-21(29)26-12-6-9-18-7-4-3-5-8-18/h3-5,7-8,10-11,13,23H,6,9,12,14-15H2,1-2H3,(H,26,29)(H,27,31)/t23-/m0/s1. The minimum Gasteiger partial charge on any atom is -0.456 e. The Morgan fingerprint density at radius 1 is 1.16 bits per heavy atom. The first kappa shape index (κ1) is 21.6. The molecule has 2 aliphatic heterocycles. The van der Waals surface area contributed by atoms with Crippen molar-refractivity contribution in [3.8, 4) is 0 Å². The second kappa shape index (κ2) is 9.26. The van der Waals surface area contributed by atoms with Gasteiger partial charge in [-0.25, -0.2) is 9.59 Å². The molecular weight excluding hydrogens is 406 g/mol. The molecule has 2 heterocycles. The monoisotopic (exact) mass is 433 g/mol. The van der Waals surface area contributed by atoms with Crippen molar-refractivity contribution < 1.29 is 19.1 Å². The van der Waals surface area contributed by atoms with Gasteiger partial charge in [0.1, 0.15) is 13.2 Å². The number of aryl methyl sites for hydroxylation is 3. The average Bonchev–Trinajstić information content (AvgIpc) is 3.17. The molecule has 1 atom stereocenters. The van der Waals surface area contributed by atoms with Crippen molar-refractivity contribution in [1.82, 2.24) is 15.5 Å². The van der Waals surface area contributed by atoms with Crippen LogP contribution in [-0.4, -0.2) is 42.5 Å². The Labute approximate surface area is 187 Å². The summed E-state index contributed by atoms with van der Waals surface area (Å²) in [6.45, 7) is 4.24. The Morgan fingerprint density at radius 3 is 2.72 bits per heavy atom. The molecule has 2 N–H and O–H groups in total. The van der Waals surface area contributed by atoms with Gasteiger partial charge in [0.05, 0.1) is 17.3 Å². The van der Waals surface area contributed by atoms with Gasteiger partial charge in [-0.15, -0.1) is 0 Å². The fourth-order valence-corrected chi connectivity index (χ4v) is 4.15. The molecule has 7 nitrogen and oxygen atoms in total. The van der Waals surface area contributed by atoms with Crippen LogP contribution >= 0.6 is 0 Å².